The Balaban J connectivity index is 1.75. The van der Waals surface area contributed by atoms with Gasteiger partial charge in [-0.3, -0.25) is 0 Å². The Morgan fingerprint density at radius 1 is 1.00 bits per heavy atom. The van der Waals surface area contributed by atoms with Crippen molar-refractivity contribution in [1.29, 1.82) is 0 Å². The first-order valence-electron chi connectivity index (χ1n) is 12.0. The van der Waals surface area contributed by atoms with Gasteiger partial charge in [-0.2, -0.15) is 0 Å². The molecule has 0 spiro atoms. The van der Waals surface area contributed by atoms with Crippen LogP contribution in [0.25, 0.3) is 22.5 Å². The molecule has 0 fully saturated rings. The number of carbonyl (C=O) groups is 1. The number of nitrogens with zero attached hydrogens (tertiary/aromatic N) is 2. The first-order chi connectivity index (χ1) is 17.2. The number of ether oxygens (including phenoxy) is 2. The molecule has 0 bridgehead atoms. The summed E-state index contributed by atoms with van der Waals surface area (Å²) in [6.07, 6.45) is -0.167. The van der Waals surface area contributed by atoms with Crippen molar-refractivity contribution in [2.24, 2.45) is 0 Å². The molecule has 0 radical (unpaired) electrons. The van der Waals surface area contributed by atoms with Crippen LogP contribution in [-0.4, -0.2) is 40.1 Å². The highest BCUT2D eigenvalue weighted by atomic mass is 19.2. The van der Waals surface area contributed by atoms with Gasteiger partial charge in [0.05, 0.1) is 5.56 Å². The van der Waals surface area contributed by atoms with E-state index in [2.05, 4.69) is 9.97 Å². The van der Waals surface area contributed by atoms with Gasteiger partial charge >= 0.3 is 5.97 Å². The van der Waals surface area contributed by atoms with Crippen LogP contribution in [0.1, 0.15) is 47.0 Å². The molecule has 2 aromatic carbocycles. The summed E-state index contributed by atoms with van der Waals surface area (Å²) in [6.45, 7) is 5.93. The molecule has 3 aromatic rings. The molecule has 0 aliphatic rings. The lowest BCUT2D eigenvalue weighted by atomic mass is 10.0. The predicted molar refractivity (Wildman–Crippen MR) is 133 cm³/mol. The molecular weight excluding hydrogens is 469 g/mol. The highest BCUT2D eigenvalue weighted by Gasteiger charge is 2.34. The molecule has 4 unspecified atom stereocenters. The van der Waals surface area contributed by atoms with Crippen molar-refractivity contribution >= 4 is 5.97 Å². The van der Waals surface area contributed by atoms with E-state index in [0.29, 0.717) is 35.5 Å². The Kier molecular flexibility index (Phi) is 9.07. The number of para-hydroxylation sites is 1. The number of hydrogen-bond acceptors (Lipinski definition) is 5. The van der Waals surface area contributed by atoms with Gasteiger partial charge in [0.25, 0.3) is 0 Å². The Bertz CT molecular complexity index is 1140. The molecule has 0 amide bonds. The second-order valence-corrected chi connectivity index (χ2v) is 8.84. The standard InChI is InChI=1S/C28H31F3N2O3/c1-5-15-28(4,31)27(34)35-21-13-11-19(12-14-21)20-16-32-26(33-17-20)22-9-7-8-10-24(22)36-23(6-2)25(30)18(3)29/h7-14,16-18,23,25H,5-6,15H2,1-4H3. The minimum atomic E-state index is -2.04. The summed E-state index contributed by atoms with van der Waals surface area (Å²) in [5.74, 6) is 0.0636. The number of hydrogen-bond donors (Lipinski definition) is 0. The van der Waals surface area contributed by atoms with Crippen molar-refractivity contribution in [2.75, 3.05) is 0 Å². The van der Waals surface area contributed by atoms with Gasteiger partial charge in [0.2, 0.25) is 5.67 Å². The molecule has 0 N–H and O–H groups in total. The van der Waals surface area contributed by atoms with E-state index < -0.39 is 30.1 Å². The van der Waals surface area contributed by atoms with Gasteiger partial charge in [-0.25, -0.2) is 27.9 Å². The Hall–Kier alpha value is -3.42. The summed E-state index contributed by atoms with van der Waals surface area (Å²) in [6, 6.07) is 13.6. The molecule has 1 heterocycles. The van der Waals surface area contributed by atoms with E-state index in [4.69, 9.17) is 9.47 Å². The lowest BCUT2D eigenvalue weighted by Gasteiger charge is -2.23. The molecule has 0 aliphatic heterocycles. The molecule has 0 saturated heterocycles. The molecule has 4 atom stereocenters. The summed E-state index contributed by atoms with van der Waals surface area (Å²) in [7, 11) is 0. The summed E-state index contributed by atoms with van der Waals surface area (Å²) < 4.78 is 53.1. The van der Waals surface area contributed by atoms with E-state index in [-0.39, 0.29) is 12.2 Å². The van der Waals surface area contributed by atoms with Crippen molar-refractivity contribution in [1.82, 2.24) is 9.97 Å². The van der Waals surface area contributed by atoms with E-state index in [1.165, 1.54) is 13.8 Å². The number of rotatable bonds is 11. The maximum absolute atomic E-state index is 14.3. The third kappa shape index (κ3) is 6.62. The van der Waals surface area contributed by atoms with Crippen LogP contribution in [0.4, 0.5) is 13.2 Å². The van der Waals surface area contributed by atoms with Crippen molar-refractivity contribution in [3.05, 3.63) is 60.9 Å². The molecule has 8 heteroatoms. The first-order valence-corrected chi connectivity index (χ1v) is 12.0. The molecule has 1 aromatic heterocycles. The first kappa shape index (κ1) is 27.2. The molecule has 0 saturated carbocycles. The third-order valence-electron chi connectivity index (χ3n) is 5.80. The summed E-state index contributed by atoms with van der Waals surface area (Å²) in [5.41, 5.74) is -0.00268. The molecule has 36 heavy (non-hydrogen) atoms. The lowest BCUT2D eigenvalue weighted by molar-refractivity contribution is -0.147. The van der Waals surface area contributed by atoms with Crippen LogP contribution in [0.3, 0.4) is 0 Å². The van der Waals surface area contributed by atoms with Crippen molar-refractivity contribution in [2.45, 2.75) is 71.1 Å². The lowest BCUT2D eigenvalue weighted by Crippen LogP contribution is -2.34. The molecular formula is C28H31F3N2O3. The van der Waals surface area contributed by atoms with Crippen LogP contribution in [0.2, 0.25) is 0 Å². The Labute approximate surface area is 209 Å². The summed E-state index contributed by atoms with van der Waals surface area (Å²) >= 11 is 0. The SMILES string of the molecule is CCCC(C)(F)C(=O)Oc1ccc(-c2cnc(-c3ccccc3OC(CC)C(F)C(C)F)nc2)cc1. The van der Waals surface area contributed by atoms with Crippen LogP contribution in [-0.2, 0) is 4.79 Å². The van der Waals surface area contributed by atoms with Crippen molar-refractivity contribution in [3.8, 4) is 34.0 Å². The van der Waals surface area contributed by atoms with Crippen LogP contribution in [0, 0.1) is 0 Å². The monoisotopic (exact) mass is 500 g/mol. The van der Waals surface area contributed by atoms with Crippen molar-refractivity contribution in [3.63, 3.8) is 0 Å². The molecule has 192 valence electrons. The number of esters is 1. The smallest absolute Gasteiger partial charge is 0.348 e. The second kappa shape index (κ2) is 12.0. The number of halogens is 3. The Morgan fingerprint density at radius 3 is 2.22 bits per heavy atom. The quantitative estimate of drug-likeness (QED) is 0.208. The summed E-state index contributed by atoms with van der Waals surface area (Å²) in [5, 5.41) is 0. The predicted octanol–water partition coefficient (Wildman–Crippen LogP) is 7.10. The fraction of sp³-hybridized carbons (Fsp3) is 0.393. The van der Waals surface area contributed by atoms with E-state index in [0.717, 1.165) is 5.56 Å². The van der Waals surface area contributed by atoms with Gasteiger partial charge < -0.3 is 9.47 Å². The zero-order valence-electron chi connectivity index (χ0n) is 20.9. The fourth-order valence-electron chi connectivity index (χ4n) is 3.70. The normalized spacial score (nSPS) is 15.4. The molecule has 3 rings (SSSR count). The van der Waals surface area contributed by atoms with Gasteiger partial charge in [-0.1, -0.05) is 44.5 Å². The highest BCUT2D eigenvalue weighted by molar-refractivity contribution is 5.81. The number of alkyl halides is 3. The number of benzene rings is 2. The zero-order valence-corrected chi connectivity index (χ0v) is 20.9. The summed E-state index contributed by atoms with van der Waals surface area (Å²) in [4.78, 5) is 20.9. The van der Waals surface area contributed by atoms with Gasteiger partial charge in [0.15, 0.2) is 12.0 Å². The second-order valence-electron chi connectivity index (χ2n) is 8.84. The van der Waals surface area contributed by atoms with E-state index in [9.17, 15) is 18.0 Å². The van der Waals surface area contributed by atoms with E-state index in [1.807, 2.05) is 0 Å². The Morgan fingerprint density at radius 2 is 1.64 bits per heavy atom. The third-order valence-corrected chi connectivity index (χ3v) is 5.80. The van der Waals surface area contributed by atoms with Crippen LogP contribution >= 0.6 is 0 Å². The van der Waals surface area contributed by atoms with Gasteiger partial charge in [0, 0.05) is 18.0 Å². The molecule has 5 nitrogen and oxygen atoms in total. The number of carbonyl (C=O) groups excluding carboxylic acids is 1. The van der Waals surface area contributed by atoms with Gasteiger partial charge in [0.1, 0.15) is 23.8 Å². The average molecular weight is 501 g/mol. The van der Waals surface area contributed by atoms with Crippen LogP contribution in [0.15, 0.2) is 60.9 Å². The number of aromatic nitrogens is 2. The van der Waals surface area contributed by atoms with E-state index >= 15 is 0 Å². The highest BCUT2D eigenvalue weighted by Crippen LogP contribution is 2.31. The van der Waals surface area contributed by atoms with Crippen LogP contribution < -0.4 is 9.47 Å². The molecule has 0 aliphatic carbocycles. The maximum Gasteiger partial charge on any atom is 0.348 e. The van der Waals surface area contributed by atoms with Gasteiger partial charge in [-0.15, -0.1) is 0 Å². The average Bonchev–Trinajstić information content (AvgIpc) is 2.87. The maximum atomic E-state index is 14.3. The zero-order chi connectivity index (χ0) is 26.3. The fourth-order valence-corrected chi connectivity index (χ4v) is 3.70. The minimum absolute atomic E-state index is 0.0875. The largest absolute Gasteiger partial charge is 0.487 e. The van der Waals surface area contributed by atoms with Crippen molar-refractivity contribution < 1.29 is 27.4 Å². The minimum Gasteiger partial charge on any atom is -0.487 e. The van der Waals surface area contributed by atoms with E-state index in [1.54, 1.807) is 74.8 Å². The van der Waals surface area contributed by atoms with Crippen LogP contribution in [0.5, 0.6) is 11.5 Å². The topological polar surface area (TPSA) is 61.3 Å². The van der Waals surface area contributed by atoms with Gasteiger partial charge in [-0.05, 0) is 56.5 Å².